The van der Waals surface area contributed by atoms with Crippen molar-refractivity contribution in [2.45, 2.75) is 84.0 Å². The molecule has 2 rings (SSSR count). The van der Waals surface area contributed by atoms with Gasteiger partial charge < -0.3 is 5.11 Å². The molecule has 0 spiro atoms. The minimum Gasteiger partial charge on any atom is -0.505 e. The predicted octanol–water partition coefficient (Wildman–Crippen LogP) is 6.63. The van der Waals surface area contributed by atoms with Crippen molar-refractivity contribution in [3.8, 4) is 5.75 Å². The first kappa shape index (κ1) is 18.3. The zero-order valence-electron chi connectivity index (χ0n) is 14.7. The van der Waals surface area contributed by atoms with Gasteiger partial charge in [-0.25, -0.2) is 4.39 Å². The van der Waals surface area contributed by atoms with E-state index in [1.54, 1.807) is 0 Å². The summed E-state index contributed by atoms with van der Waals surface area (Å²) in [5, 5.41) is 9.23. The Kier molecular flexibility index (Phi) is 7.91. The lowest BCUT2D eigenvalue weighted by Gasteiger charge is -2.28. The van der Waals surface area contributed by atoms with Crippen LogP contribution in [0.4, 0.5) is 4.39 Å². The van der Waals surface area contributed by atoms with Crippen LogP contribution in [-0.2, 0) is 6.42 Å². The van der Waals surface area contributed by atoms with Crippen molar-refractivity contribution in [3.63, 3.8) is 0 Å². The Morgan fingerprint density at radius 3 is 2.26 bits per heavy atom. The van der Waals surface area contributed by atoms with Gasteiger partial charge in [-0.15, -0.1) is 0 Å². The summed E-state index contributed by atoms with van der Waals surface area (Å²) < 4.78 is 13.3. The highest BCUT2D eigenvalue weighted by Crippen LogP contribution is 2.34. The summed E-state index contributed by atoms with van der Waals surface area (Å²) in [5.41, 5.74) is 1.01. The second kappa shape index (κ2) is 9.95. The van der Waals surface area contributed by atoms with Crippen LogP contribution in [0.3, 0.4) is 0 Å². The molecule has 0 radical (unpaired) electrons. The van der Waals surface area contributed by atoms with E-state index >= 15 is 0 Å². The smallest absolute Gasteiger partial charge is 0.165 e. The quantitative estimate of drug-likeness (QED) is 0.506. The molecular formula is C21H33FO. The van der Waals surface area contributed by atoms with Crippen LogP contribution in [-0.4, -0.2) is 5.11 Å². The van der Waals surface area contributed by atoms with Crippen LogP contribution in [0.2, 0.25) is 0 Å². The van der Waals surface area contributed by atoms with Gasteiger partial charge in [0.25, 0.3) is 0 Å². The largest absolute Gasteiger partial charge is 0.505 e. The Bertz CT molecular complexity index is 449. The molecule has 1 aliphatic rings. The molecule has 1 nitrogen and oxygen atoms in total. The monoisotopic (exact) mass is 320 g/mol. The number of phenols is 1. The molecule has 1 aromatic rings. The van der Waals surface area contributed by atoms with Gasteiger partial charge >= 0.3 is 0 Å². The Labute approximate surface area is 141 Å². The van der Waals surface area contributed by atoms with Crippen LogP contribution in [0, 0.1) is 17.7 Å². The van der Waals surface area contributed by atoms with E-state index in [0.717, 1.165) is 30.2 Å². The zero-order valence-corrected chi connectivity index (χ0v) is 14.7. The van der Waals surface area contributed by atoms with E-state index in [9.17, 15) is 9.50 Å². The lowest BCUT2D eigenvalue weighted by Crippen LogP contribution is -2.15. The van der Waals surface area contributed by atoms with E-state index in [2.05, 4.69) is 6.92 Å². The Hall–Kier alpha value is -1.05. The van der Waals surface area contributed by atoms with Crippen molar-refractivity contribution < 1.29 is 9.50 Å². The maximum absolute atomic E-state index is 13.3. The molecule has 23 heavy (non-hydrogen) atoms. The molecule has 1 aliphatic carbocycles. The van der Waals surface area contributed by atoms with Gasteiger partial charge in [0, 0.05) is 0 Å². The average molecular weight is 320 g/mol. The van der Waals surface area contributed by atoms with Gasteiger partial charge in [0.05, 0.1) is 0 Å². The molecule has 0 bridgehead atoms. The molecule has 0 heterocycles. The highest BCUT2D eigenvalue weighted by Gasteiger charge is 2.20. The summed E-state index contributed by atoms with van der Waals surface area (Å²) >= 11 is 0. The average Bonchev–Trinajstić information content (AvgIpc) is 2.57. The zero-order chi connectivity index (χ0) is 16.5. The van der Waals surface area contributed by atoms with Gasteiger partial charge in [0.15, 0.2) is 11.6 Å². The molecule has 0 unspecified atom stereocenters. The maximum Gasteiger partial charge on any atom is 0.165 e. The lowest BCUT2D eigenvalue weighted by atomic mass is 9.77. The van der Waals surface area contributed by atoms with Crippen molar-refractivity contribution in [1.82, 2.24) is 0 Å². The van der Waals surface area contributed by atoms with E-state index in [-0.39, 0.29) is 5.75 Å². The van der Waals surface area contributed by atoms with E-state index in [4.69, 9.17) is 0 Å². The second-order valence-electron chi connectivity index (χ2n) is 7.41. The maximum atomic E-state index is 13.3. The molecule has 0 aromatic heterocycles. The molecule has 0 amide bonds. The fourth-order valence-electron chi connectivity index (χ4n) is 3.92. The summed E-state index contributed by atoms with van der Waals surface area (Å²) in [4.78, 5) is 0. The fraction of sp³-hybridized carbons (Fsp3) is 0.714. The van der Waals surface area contributed by atoms with Crippen molar-refractivity contribution in [1.29, 1.82) is 0 Å². The minimum atomic E-state index is -0.491. The molecule has 0 saturated heterocycles. The Balaban J connectivity index is 1.60. The van der Waals surface area contributed by atoms with Crippen molar-refractivity contribution in [2.75, 3.05) is 0 Å². The third-order valence-electron chi connectivity index (χ3n) is 5.54. The van der Waals surface area contributed by atoms with Gasteiger partial charge in [-0.05, 0) is 42.4 Å². The summed E-state index contributed by atoms with van der Waals surface area (Å²) in [6, 6.07) is 4.80. The number of aromatic hydroxyl groups is 1. The van der Waals surface area contributed by atoms with E-state index < -0.39 is 5.82 Å². The van der Waals surface area contributed by atoms with Crippen LogP contribution in [0.25, 0.3) is 0 Å². The van der Waals surface area contributed by atoms with Gasteiger partial charge in [0.2, 0.25) is 0 Å². The van der Waals surface area contributed by atoms with Crippen LogP contribution < -0.4 is 0 Å². The SMILES string of the molecule is CCCCCCCC1CCC(CCc2ccc(O)c(F)c2)CC1. The molecule has 2 heteroatoms. The topological polar surface area (TPSA) is 20.2 Å². The van der Waals surface area contributed by atoms with Crippen molar-refractivity contribution >= 4 is 0 Å². The van der Waals surface area contributed by atoms with E-state index in [1.807, 2.05) is 6.07 Å². The normalized spacial score (nSPS) is 21.5. The summed E-state index contributed by atoms with van der Waals surface area (Å²) in [7, 11) is 0. The van der Waals surface area contributed by atoms with Crippen LogP contribution in [0.1, 0.15) is 83.1 Å². The van der Waals surface area contributed by atoms with Gasteiger partial charge in [-0.2, -0.15) is 0 Å². The molecule has 1 aromatic carbocycles. The molecule has 0 atom stereocenters. The van der Waals surface area contributed by atoms with Gasteiger partial charge in [-0.1, -0.05) is 77.2 Å². The molecule has 1 N–H and O–H groups in total. The predicted molar refractivity (Wildman–Crippen MR) is 95.2 cm³/mol. The number of benzene rings is 1. The first-order chi connectivity index (χ1) is 11.2. The van der Waals surface area contributed by atoms with Crippen molar-refractivity contribution in [2.24, 2.45) is 11.8 Å². The van der Waals surface area contributed by atoms with Crippen LogP contribution in [0.5, 0.6) is 5.75 Å². The van der Waals surface area contributed by atoms with Crippen LogP contribution in [0.15, 0.2) is 18.2 Å². The van der Waals surface area contributed by atoms with E-state index in [0.29, 0.717) is 0 Å². The summed E-state index contributed by atoms with van der Waals surface area (Å²) in [5.74, 6) is 1.03. The number of rotatable bonds is 9. The summed E-state index contributed by atoms with van der Waals surface area (Å²) in [6.07, 6.45) is 16.0. The highest BCUT2D eigenvalue weighted by molar-refractivity contribution is 5.28. The van der Waals surface area contributed by atoms with E-state index in [1.165, 1.54) is 76.3 Å². The van der Waals surface area contributed by atoms with Gasteiger partial charge in [0.1, 0.15) is 0 Å². The fourth-order valence-corrected chi connectivity index (χ4v) is 3.92. The van der Waals surface area contributed by atoms with Crippen molar-refractivity contribution in [3.05, 3.63) is 29.6 Å². The number of hydrogen-bond acceptors (Lipinski definition) is 1. The molecular weight excluding hydrogens is 287 g/mol. The molecule has 0 aliphatic heterocycles. The Morgan fingerprint density at radius 1 is 0.957 bits per heavy atom. The third-order valence-corrected chi connectivity index (χ3v) is 5.54. The minimum absolute atomic E-state index is 0.242. The van der Waals surface area contributed by atoms with Gasteiger partial charge in [-0.3, -0.25) is 0 Å². The number of hydrogen-bond donors (Lipinski definition) is 1. The number of aryl methyl sites for hydroxylation is 1. The third kappa shape index (κ3) is 6.53. The second-order valence-corrected chi connectivity index (χ2v) is 7.41. The standard InChI is InChI=1S/C21H33FO/c1-2-3-4-5-6-7-17-8-10-18(11-9-17)12-13-19-14-15-21(23)20(22)16-19/h14-18,23H,2-13H2,1H3. The number of unbranched alkanes of at least 4 members (excludes halogenated alkanes) is 4. The lowest BCUT2D eigenvalue weighted by molar-refractivity contribution is 0.248. The summed E-state index contributed by atoms with van der Waals surface area (Å²) in [6.45, 7) is 2.27. The molecule has 130 valence electrons. The molecule has 1 saturated carbocycles. The Morgan fingerprint density at radius 2 is 1.61 bits per heavy atom. The first-order valence-electron chi connectivity index (χ1n) is 9.66. The number of halogens is 1. The molecule has 1 fully saturated rings. The number of phenolic OH excluding ortho intramolecular Hbond substituents is 1. The first-order valence-corrected chi connectivity index (χ1v) is 9.66. The van der Waals surface area contributed by atoms with Crippen LogP contribution >= 0.6 is 0 Å². The highest BCUT2D eigenvalue weighted by atomic mass is 19.1.